The SMILES string of the molecule is CC1(C)CCC[C@]2(C)[C@H]3C[C@H]4OCC[C@H]4[C@H]4C(=O)O[C@H](F)[C@@H]([C@@H]43)[C@@H]12. The number of halogens is 1. The Hall–Kier alpha value is -0.640. The lowest BCUT2D eigenvalue weighted by atomic mass is 9.53. The van der Waals surface area contributed by atoms with Crippen LogP contribution in [0.25, 0.3) is 0 Å². The number of hydrogen-bond donors (Lipinski definition) is 0. The van der Waals surface area contributed by atoms with Crippen molar-refractivity contribution in [3.05, 3.63) is 0 Å². The molecule has 3 aliphatic carbocycles. The molecule has 3 saturated carbocycles. The molecule has 2 saturated heterocycles. The fraction of sp³-hybridized carbons (Fsp3) is 0.950. The monoisotopic (exact) mass is 336 g/mol. The van der Waals surface area contributed by atoms with Crippen molar-refractivity contribution in [1.82, 2.24) is 0 Å². The number of esters is 1. The van der Waals surface area contributed by atoms with Crippen LogP contribution in [0.1, 0.15) is 52.9 Å². The molecule has 3 nitrogen and oxygen atoms in total. The molecule has 134 valence electrons. The van der Waals surface area contributed by atoms with Gasteiger partial charge in [0.15, 0.2) is 0 Å². The number of alkyl halides is 1. The normalized spacial score (nSPS) is 57.8. The molecule has 0 bridgehead atoms. The maximum atomic E-state index is 15.0. The van der Waals surface area contributed by atoms with E-state index in [-0.39, 0.29) is 46.6 Å². The van der Waals surface area contributed by atoms with Crippen LogP contribution in [0.4, 0.5) is 4.39 Å². The van der Waals surface area contributed by atoms with Crippen molar-refractivity contribution in [3.8, 4) is 0 Å². The Morgan fingerprint density at radius 1 is 1.17 bits per heavy atom. The van der Waals surface area contributed by atoms with Gasteiger partial charge in [-0.3, -0.25) is 4.79 Å². The molecule has 0 radical (unpaired) electrons. The first-order valence-electron chi connectivity index (χ1n) is 9.81. The number of carbonyl (C=O) groups excluding carboxylic acids is 1. The summed E-state index contributed by atoms with van der Waals surface area (Å²) in [6.45, 7) is 7.74. The van der Waals surface area contributed by atoms with Crippen LogP contribution >= 0.6 is 0 Å². The van der Waals surface area contributed by atoms with E-state index in [0.717, 1.165) is 32.3 Å². The van der Waals surface area contributed by atoms with Crippen LogP contribution in [-0.2, 0) is 14.3 Å². The van der Waals surface area contributed by atoms with Gasteiger partial charge >= 0.3 is 5.97 Å². The number of rotatable bonds is 0. The first-order chi connectivity index (χ1) is 11.3. The summed E-state index contributed by atoms with van der Waals surface area (Å²) < 4.78 is 26.4. The fourth-order valence-corrected chi connectivity index (χ4v) is 8.13. The lowest BCUT2D eigenvalue weighted by molar-refractivity contribution is -0.206. The van der Waals surface area contributed by atoms with Gasteiger partial charge in [-0.2, -0.15) is 0 Å². The van der Waals surface area contributed by atoms with E-state index in [1.807, 2.05) is 0 Å². The Bertz CT molecular complexity index is 575. The first kappa shape index (κ1) is 15.6. The van der Waals surface area contributed by atoms with Gasteiger partial charge in [-0.05, 0) is 54.3 Å². The van der Waals surface area contributed by atoms with Gasteiger partial charge in [-0.1, -0.05) is 27.2 Å². The predicted octanol–water partition coefficient (Wildman–Crippen LogP) is 3.96. The van der Waals surface area contributed by atoms with E-state index in [1.54, 1.807) is 0 Å². The molecule has 0 N–H and O–H groups in total. The molecule has 0 amide bonds. The summed E-state index contributed by atoms with van der Waals surface area (Å²) in [5, 5.41) is 0. The smallest absolute Gasteiger partial charge is 0.312 e. The van der Waals surface area contributed by atoms with Crippen molar-refractivity contribution in [2.24, 2.45) is 46.3 Å². The molecule has 2 aliphatic heterocycles. The van der Waals surface area contributed by atoms with Crippen LogP contribution in [0.2, 0.25) is 0 Å². The van der Waals surface area contributed by atoms with Crippen molar-refractivity contribution in [3.63, 3.8) is 0 Å². The summed E-state index contributed by atoms with van der Waals surface area (Å²) >= 11 is 0. The first-order valence-corrected chi connectivity index (χ1v) is 9.81. The second-order valence-electron chi connectivity index (χ2n) is 10.00. The fourth-order valence-electron chi connectivity index (χ4n) is 8.13. The van der Waals surface area contributed by atoms with Gasteiger partial charge in [-0.15, -0.1) is 0 Å². The number of carbonyl (C=O) groups is 1. The molecule has 0 spiro atoms. The van der Waals surface area contributed by atoms with Crippen LogP contribution in [0.15, 0.2) is 0 Å². The van der Waals surface area contributed by atoms with Crippen molar-refractivity contribution < 1.29 is 18.7 Å². The highest BCUT2D eigenvalue weighted by Crippen LogP contribution is 2.72. The summed E-state index contributed by atoms with van der Waals surface area (Å²) in [4.78, 5) is 12.7. The second-order valence-corrected chi connectivity index (χ2v) is 10.00. The predicted molar refractivity (Wildman–Crippen MR) is 86.6 cm³/mol. The zero-order valence-electron chi connectivity index (χ0n) is 15.0. The molecule has 0 aromatic heterocycles. The molecular weight excluding hydrogens is 307 g/mol. The molecule has 24 heavy (non-hydrogen) atoms. The highest BCUT2D eigenvalue weighted by atomic mass is 19.1. The molecule has 2 heterocycles. The van der Waals surface area contributed by atoms with E-state index in [4.69, 9.17) is 9.47 Å². The molecule has 0 aromatic carbocycles. The molecule has 0 aromatic rings. The van der Waals surface area contributed by atoms with E-state index in [2.05, 4.69) is 20.8 Å². The molecule has 9 atom stereocenters. The standard InChI is InChI=1S/C20H29FO3/c1-19(2)6-4-7-20(3)11-9-12-10(5-8-23-12)13-14(11)15(16(19)20)17(21)24-18(13)22/h10-17H,4-9H2,1-3H3/t10-,11+,12-,13-,14-,15+,16+,17+,20-/m1/s1. The third-order valence-corrected chi connectivity index (χ3v) is 8.66. The van der Waals surface area contributed by atoms with Crippen molar-refractivity contribution >= 4 is 5.97 Å². The van der Waals surface area contributed by atoms with E-state index in [0.29, 0.717) is 11.8 Å². The van der Waals surface area contributed by atoms with E-state index in [1.165, 1.54) is 6.42 Å². The van der Waals surface area contributed by atoms with Gasteiger partial charge in [0.25, 0.3) is 0 Å². The molecule has 0 unspecified atom stereocenters. The lowest BCUT2D eigenvalue weighted by Crippen LogP contribution is -2.53. The lowest BCUT2D eigenvalue weighted by Gasteiger charge is -2.51. The van der Waals surface area contributed by atoms with Crippen LogP contribution in [-0.4, -0.2) is 25.0 Å². The zero-order chi connectivity index (χ0) is 16.9. The maximum absolute atomic E-state index is 15.0. The van der Waals surface area contributed by atoms with Gasteiger partial charge in [0.1, 0.15) is 0 Å². The number of cyclic esters (lactones) is 1. The Kier molecular flexibility index (Phi) is 3.09. The van der Waals surface area contributed by atoms with Crippen LogP contribution in [0, 0.1) is 46.3 Å². The van der Waals surface area contributed by atoms with Crippen molar-refractivity contribution in [2.75, 3.05) is 6.61 Å². The summed E-state index contributed by atoms with van der Waals surface area (Å²) in [5.41, 5.74) is 0.230. The molecular formula is C20H29FO3. The molecule has 5 aliphatic rings. The number of ether oxygens (including phenoxy) is 2. The van der Waals surface area contributed by atoms with Crippen molar-refractivity contribution in [1.29, 1.82) is 0 Å². The van der Waals surface area contributed by atoms with E-state index in [9.17, 15) is 4.79 Å². The average molecular weight is 336 g/mol. The highest BCUT2D eigenvalue weighted by Gasteiger charge is 2.72. The molecule has 5 fully saturated rings. The summed E-state index contributed by atoms with van der Waals surface area (Å²) in [7, 11) is 0. The van der Waals surface area contributed by atoms with Crippen LogP contribution in [0.5, 0.6) is 0 Å². The maximum Gasteiger partial charge on any atom is 0.312 e. The van der Waals surface area contributed by atoms with Crippen LogP contribution in [0.3, 0.4) is 0 Å². The summed E-state index contributed by atoms with van der Waals surface area (Å²) in [5.74, 6) is 0.595. The average Bonchev–Trinajstić information content (AvgIpc) is 3.05. The number of fused-ring (bicyclic) bond motifs is 5. The molecule has 5 rings (SSSR count). The third kappa shape index (κ3) is 1.74. The van der Waals surface area contributed by atoms with Gasteiger partial charge in [0, 0.05) is 18.4 Å². The minimum Gasteiger partial charge on any atom is -0.431 e. The zero-order valence-corrected chi connectivity index (χ0v) is 15.0. The van der Waals surface area contributed by atoms with Gasteiger partial charge in [0.2, 0.25) is 6.36 Å². The van der Waals surface area contributed by atoms with Gasteiger partial charge < -0.3 is 9.47 Å². The topological polar surface area (TPSA) is 35.5 Å². The highest BCUT2D eigenvalue weighted by molar-refractivity contribution is 5.75. The Labute approximate surface area is 143 Å². The van der Waals surface area contributed by atoms with E-state index < -0.39 is 6.36 Å². The molecule has 4 heteroatoms. The Balaban J connectivity index is 1.65. The van der Waals surface area contributed by atoms with Gasteiger partial charge in [-0.25, -0.2) is 4.39 Å². The van der Waals surface area contributed by atoms with Gasteiger partial charge in [0.05, 0.1) is 12.0 Å². The summed E-state index contributed by atoms with van der Waals surface area (Å²) in [6.07, 6.45) is 4.24. The minimum absolute atomic E-state index is 0.112. The second kappa shape index (κ2) is 4.75. The quantitative estimate of drug-likeness (QED) is 0.628. The third-order valence-electron chi connectivity index (χ3n) is 8.66. The van der Waals surface area contributed by atoms with E-state index >= 15 is 4.39 Å². The van der Waals surface area contributed by atoms with Crippen molar-refractivity contribution in [2.45, 2.75) is 65.3 Å². The largest absolute Gasteiger partial charge is 0.431 e. The Morgan fingerprint density at radius 2 is 1.96 bits per heavy atom. The van der Waals surface area contributed by atoms with Crippen LogP contribution < -0.4 is 0 Å². The Morgan fingerprint density at radius 3 is 2.75 bits per heavy atom. The number of hydrogen-bond acceptors (Lipinski definition) is 3. The summed E-state index contributed by atoms with van der Waals surface area (Å²) in [6, 6.07) is 0. The minimum atomic E-state index is -1.41.